The van der Waals surface area contributed by atoms with Crippen LogP contribution in [0.3, 0.4) is 0 Å². The first-order chi connectivity index (χ1) is 10.9. The summed E-state index contributed by atoms with van der Waals surface area (Å²) in [6.07, 6.45) is 3.89. The minimum absolute atomic E-state index is 0.0408. The SMILES string of the molecule is N#CCOc1ccccc1/C=C/c1ccc2ccccc2n1. The lowest BCUT2D eigenvalue weighted by atomic mass is 10.1. The lowest BCUT2D eigenvalue weighted by Crippen LogP contribution is -1.95. The number of nitrogens with zero attached hydrogens (tertiary/aromatic N) is 2. The molecular formula is C19H14N2O. The van der Waals surface area contributed by atoms with Crippen molar-refractivity contribution in [1.29, 1.82) is 5.26 Å². The molecule has 0 N–H and O–H groups in total. The summed E-state index contributed by atoms with van der Waals surface area (Å²) in [6.45, 7) is 0.0408. The number of hydrogen-bond donors (Lipinski definition) is 0. The van der Waals surface area contributed by atoms with E-state index in [-0.39, 0.29) is 6.61 Å². The Hall–Kier alpha value is -3.12. The van der Waals surface area contributed by atoms with Crippen molar-refractivity contribution in [3.63, 3.8) is 0 Å². The lowest BCUT2D eigenvalue weighted by Gasteiger charge is -2.05. The normalized spacial score (nSPS) is 10.7. The zero-order valence-corrected chi connectivity index (χ0v) is 11.9. The Kier molecular flexibility index (Phi) is 4.12. The molecule has 0 aliphatic heterocycles. The maximum absolute atomic E-state index is 8.62. The molecule has 0 aliphatic carbocycles. The zero-order valence-electron chi connectivity index (χ0n) is 11.9. The Bertz CT molecular complexity index is 862. The summed E-state index contributed by atoms with van der Waals surface area (Å²) in [6, 6.07) is 21.7. The van der Waals surface area contributed by atoms with Crippen molar-refractivity contribution >= 4 is 23.1 Å². The van der Waals surface area contributed by atoms with E-state index in [2.05, 4.69) is 11.1 Å². The van der Waals surface area contributed by atoms with Crippen LogP contribution in [0.25, 0.3) is 23.1 Å². The van der Waals surface area contributed by atoms with Crippen LogP contribution >= 0.6 is 0 Å². The van der Waals surface area contributed by atoms with Crippen molar-refractivity contribution in [2.75, 3.05) is 6.61 Å². The molecule has 0 fully saturated rings. The molecule has 3 rings (SSSR count). The van der Waals surface area contributed by atoms with Crippen LogP contribution in [-0.2, 0) is 0 Å². The summed E-state index contributed by atoms with van der Waals surface area (Å²) in [5.41, 5.74) is 2.78. The van der Waals surface area contributed by atoms with E-state index in [0.717, 1.165) is 22.2 Å². The van der Waals surface area contributed by atoms with Crippen molar-refractivity contribution in [1.82, 2.24) is 4.98 Å². The second kappa shape index (κ2) is 6.55. The van der Waals surface area contributed by atoms with Gasteiger partial charge in [-0.15, -0.1) is 0 Å². The molecule has 0 saturated heterocycles. The third kappa shape index (κ3) is 3.13. The Balaban J connectivity index is 1.88. The fraction of sp³-hybridized carbons (Fsp3) is 0.0526. The van der Waals surface area contributed by atoms with Gasteiger partial charge in [-0.05, 0) is 30.4 Å². The molecule has 0 amide bonds. The van der Waals surface area contributed by atoms with Crippen LogP contribution in [0, 0.1) is 11.3 Å². The Labute approximate surface area is 129 Å². The molecule has 0 aliphatic rings. The molecule has 0 saturated carbocycles. The predicted octanol–water partition coefficient (Wildman–Crippen LogP) is 4.31. The van der Waals surface area contributed by atoms with Crippen molar-refractivity contribution in [2.45, 2.75) is 0 Å². The zero-order chi connectivity index (χ0) is 15.2. The Morgan fingerprint density at radius 2 is 1.77 bits per heavy atom. The summed E-state index contributed by atoms with van der Waals surface area (Å²) in [4.78, 5) is 4.60. The van der Waals surface area contributed by atoms with Gasteiger partial charge in [0.05, 0.1) is 11.2 Å². The van der Waals surface area contributed by atoms with Gasteiger partial charge in [-0.25, -0.2) is 4.98 Å². The van der Waals surface area contributed by atoms with E-state index in [4.69, 9.17) is 10.00 Å². The summed E-state index contributed by atoms with van der Waals surface area (Å²) in [7, 11) is 0. The predicted molar refractivity (Wildman–Crippen MR) is 88.2 cm³/mol. The van der Waals surface area contributed by atoms with Gasteiger partial charge in [-0.3, -0.25) is 0 Å². The highest BCUT2D eigenvalue weighted by Gasteiger charge is 2.00. The first-order valence-electron chi connectivity index (χ1n) is 6.99. The topological polar surface area (TPSA) is 45.9 Å². The van der Waals surface area contributed by atoms with Gasteiger partial charge in [0.15, 0.2) is 6.61 Å². The van der Waals surface area contributed by atoms with E-state index in [0.29, 0.717) is 5.75 Å². The molecule has 2 aromatic carbocycles. The number of benzene rings is 2. The van der Waals surface area contributed by atoms with E-state index in [1.165, 1.54) is 0 Å². The summed E-state index contributed by atoms with van der Waals surface area (Å²) >= 11 is 0. The lowest BCUT2D eigenvalue weighted by molar-refractivity contribution is 0.367. The quantitative estimate of drug-likeness (QED) is 0.718. The number of hydrogen-bond acceptors (Lipinski definition) is 3. The molecule has 3 heteroatoms. The maximum Gasteiger partial charge on any atom is 0.174 e. The van der Waals surface area contributed by atoms with Gasteiger partial charge in [0.1, 0.15) is 11.8 Å². The molecule has 1 aromatic heterocycles. The average Bonchev–Trinajstić information content (AvgIpc) is 2.58. The monoisotopic (exact) mass is 286 g/mol. The fourth-order valence-corrected chi connectivity index (χ4v) is 2.21. The van der Waals surface area contributed by atoms with E-state index in [1.807, 2.05) is 72.8 Å². The Morgan fingerprint density at radius 3 is 2.68 bits per heavy atom. The molecule has 106 valence electrons. The van der Waals surface area contributed by atoms with Gasteiger partial charge in [0.25, 0.3) is 0 Å². The molecule has 0 atom stereocenters. The van der Waals surface area contributed by atoms with E-state index >= 15 is 0 Å². The highest BCUT2D eigenvalue weighted by molar-refractivity contribution is 5.81. The average molecular weight is 286 g/mol. The number of para-hydroxylation sites is 2. The van der Waals surface area contributed by atoms with Crippen molar-refractivity contribution in [3.05, 3.63) is 71.9 Å². The van der Waals surface area contributed by atoms with Gasteiger partial charge in [0, 0.05) is 10.9 Å². The van der Waals surface area contributed by atoms with E-state index in [1.54, 1.807) is 0 Å². The first kappa shape index (κ1) is 13.8. The minimum Gasteiger partial charge on any atom is -0.478 e. The van der Waals surface area contributed by atoms with E-state index in [9.17, 15) is 0 Å². The van der Waals surface area contributed by atoms with Crippen LogP contribution in [-0.4, -0.2) is 11.6 Å². The highest BCUT2D eigenvalue weighted by Crippen LogP contribution is 2.21. The summed E-state index contributed by atoms with van der Waals surface area (Å²) < 4.78 is 5.41. The summed E-state index contributed by atoms with van der Waals surface area (Å²) in [5.74, 6) is 0.695. The van der Waals surface area contributed by atoms with Crippen LogP contribution in [0.2, 0.25) is 0 Å². The second-order valence-electron chi connectivity index (χ2n) is 4.75. The number of ether oxygens (including phenoxy) is 1. The van der Waals surface area contributed by atoms with Crippen LogP contribution < -0.4 is 4.74 Å². The van der Waals surface area contributed by atoms with Crippen LogP contribution in [0.4, 0.5) is 0 Å². The standard InChI is InChI=1S/C19H14N2O/c20-13-14-22-19-8-4-2-6-16(19)10-12-17-11-9-15-5-1-3-7-18(15)21-17/h1-12H,14H2/b12-10+. The third-order valence-corrected chi connectivity index (χ3v) is 3.26. The van der Waals surface area contributed by atoms with Gasteiger partial charge in [-0.2, -0.15) is 5.26 Å². The number of pyridine rings is 1. The molecule has 0 unspecified atom stereocenters. The maximum atomic E-state index is 8.62. The summed E-state index contributed by atoms with van der Waals surface area (Å²) in [5, 5.41) is 9.75. The largest absolute Gasteiger partial charge is 0.478 e. The minimum atomic E-state index is 0.0408. The van der Waals surface area contributed by atoms with Gasteiger partial charge in [-0.1, -0.05) is 42.5 Å². The molecule has 22 heavy (non-hydrogen) atoms. The van der Waals surface area contributed by atoms with E-state index < -0.39 is 0 Å². The molecule has 0 spiro atoms. The van der Waals surface area contributed by atoms with Gasteiger partial charge in [0.2, 0.25) is 0 Å². The third-order valence-electron chi connectivity index (χ3n) is 3.26. The fourth-order valence-electron chi connectivity index (χ4n) is 2.21. The molecule has 0 bridgehead atoms. The molecule has 0 radical (unpaired) electrons. The van der Waals surface area contributed by atoms with Crippen molar-refractivity contribution in [3.8, 4) is 11.8 Å². The number of fused-ring (bicyclic) bond motifs is 1. The number of rotatable bonds is 4. The molecule has 3 nitrogen and oxygen atoms in total. The highest BCUT2D eigenvalue weighted by atomic mass is 16.5. The molecular weight excluding hydrogens is 272 g/mol. The second-order valence-corrected chi connectivity index (χ2v) is 4.75. The number of aromatic nitrogens is 1. The smallest absolute Gasteiger partial charge is 0.174 e. The van der Waals surface area contributed by atoms with Gasteiger partial charge < -0.3 is 4.74 Å². The van der Waals surface area contributed by atoms with Crippen molar-refractivity contribution in [2.24, 2.45) is 0 Å². The van der Waals surface area contributed by atoms with Gasteiger partial charge >= 0.3 is 0 Å². The van der Waals surface area contributed by atoms with Crippen molar-refractivity contribution < 1.29 is 4.74 Å². The Morgan fingerprint density at radius 1 is 0.955 bits per heavy atom. The van der Waals surface area contributed by atoms with Crippen LogP contribution in [0.15, 0.2) is 60.7 Å². The first-order valence-corrected chi connectivity index (χ1v) is 6.99. The number of nitriles is 1. The molecule has 1 heterocycles. The molecule has 3 aromatic rings. The van der Waals surface area contributed by atoms with Crippen LogP contribution in [0.5, 0.6) is 5.75 Å². The van der Waals surface area contributed by atoms with Crippen LogP contribution in [0.1, 0.15) is 11.3 Å².